The zero-order valence-corrected chi connectivity index (χ0v) is 11.8. The third-order valence-corrected chi connectivity index (χ3v) is 3.82. The average molecular weight is 300 g/mol. The van der Waals surface area contributed by atoms with Crippen LogP contribution in [0.15, 0.2) is 36.4 Å². The molecule has 0 saturated carbocycles. The molecule has 112 valence electrons. The molecule has 0 aromatic heterocycles. The van der Waals surface area contributed by atoms with Crippen molar-refractivity contribution in [2.75, 3.05) is 0 Å². The van der Waals surface area contributed by atoms with E-state index in [1.807, 2.05) is 0 Å². The Labute approximate surface area is 126 Å². The lowest BCUT2D eigenvalue weighted by atomic mass is 9.95. The van der Waals surface area contributed by atoms with Crippen molar-refractivity contribution in [3.63, 3.8) is 0 Å². The Morgan fingerprint density at radius 3 is 2.68 bits per heavy atom. The average Bonchev–Trinajstić information content (AvgIpc) is 2.63. The van der Waals surface area contributed by atoms with Crippen LogP contribution in [0.25, 0.3) is 0 Å². The predicted octanol–water partition coefficient (Wildman–Crippen LogP) is 3.14. The summed E-state index contributed by atoms with van der Waals surface area (Å²) >= 11 is 0. The number of hydrogen-bond donors (Lipinski definition) is 1. The number of carbonyl (C=O) groups excluding carboxylic acids is 1. The second-order valence-electron chi connectivity index (χ2n) is 5.23. The normalized spacial score (nSPS) is 14.4. The van der Waals surface area contributed by atoms with Crippen molar-refractivity contribution >= 4 is 11.8 Å². The van der Waals surface area contributed by atoms with Crippen LogP contribution in [-0.2, 0) is 11.4 Å². The zero-order valence-electron chi connectivity index (χ0n) is 11.8. The Hall–Kier alpha value is -2.69. The lowest BCUT2D eigenvalue weighted by molar-refractivity contribution is -0.138. The van der Waals surface area contributed by atoms with Crippen LogP contribution in [0.2, 0.25) is 0 Å². The van der Waals surface area contributed by atoms with E-state index in [-0.39, 0.29) is 12.4 Å². The van der Waals surface area contributed by atoms with Gasteiger partial charge < -0.3 is 9.84 Å². The number of benzene rings is 2. The number of ketones is 1. The fourth-order valence-electron chi connectivity index (χ4n) is 2.46. The maximum atomic E-state index is 13.3. The van der Waals surface area contributed by atoms with Gasteiger partial charge in [0.2, 0.25) is 0 Å². The molecule has 3 rings (SSSR count). The van der Waals surface area contributed by atoms with Crippen molar-refractivity contribution in [1.29, 1.82) is 0 Å². The molecule has 0 spiro atoms. The highest BCUT2D eigenvalue weighted by atomic mass is 19.1. The van der Waals surface area contributed by atoms with Crippen molar-refractivity contribution in [3.05, 3.63) is 64.5 Å². The van der Waals surface area contributed by atoms with Gasteiger partial charge in [-0.2, -0.15) is 0 Å². The number of fused-ring (bicyclic) bond motifs is 2. The Morgan fingerprint density at radius 2 is 1.95 bits per heavy atom. The monoisotopic (exact) mass is 300 g/mol. The molecule has 1 N–H and O–H groups in total. The zero-order chi connectivity index (χ0) is 15.9. The number of halogens is 1. The summed E-state index contributed by atoms with van der Waals surface area (Å²) in [4.78, 5) is 23.6. The van der Waals surface area contributed by atoms with Crippen molar-refractivity contribution in [2.45, 2.75) is 19.4 Å². The summed E-state index contributed by atoms with van der Waals surface area (Å²) in [5.74, 6) is -2.01. The van der Waals surface area contributed by atoms with Crippen molar-refractivity contribution in [2.24, 2.45) is 0 Å². The molecule has 0 saturated heterocycles. The van der Waals surface area contributed by atoms with Crippen LogP contribution in [0.5, 0.6) is 5.75 Å². The fourth-order valence-corrected chi connectivity index (χ4v) is 2.46. The maximum Gasteiger partial charge on any atom is 0.310 e. The highest BCUT2D eigenvalue weighted by Gasteiger charge is 2.24. The van der Waals surface area contributed by atoms with Gasteiger partial charge in [0.25, 0.3) is 0 Å². The van der Waals surface area contributed by atoms with Crippen LogP contribution >= 0.6 is 0 Å². The van der Waals surface area contributed by atoms with Gasteiger partial charge in [0, 0.05) is 11.1 Å². The number of carboxylic acid groups (broad SMARTS) is 1. The Kier molecular flexibility index (Phi) is 3.41. The molecule has 0 radical (unpaired) electrons. The summed E-state index contributed by atoms with van der Waals surface area (Å²) < 4.78 is 18.9. The van der Waals surface area contributed by atoms with E-state index in [1.165, 1.54) is 18.2 Å². The minimum absolute atomic E-state index is 0.0662. The van der Waals surface area contributed by atoms with Crippen LogP contribution in [-0.4, -0.2) is 16.9 Å². The number of hydrogen-bond acceptors (Lipinski definition) is 3. The van der Waals surface area contributed by atoms with Crippen LogP contribution in [0.3, 0.4) is 0 Å². The standard InChI is InChI=1S/C17H13FO4/c1-9(17(20)21)10-2-4-14-15(7-10)22-8-11-6-12(18)3-5-13(11)16(14)19/h2-7,9H,8H2,1H3,(H,20,21)/t9-/m0/s1. The van der Waals surface area contributed by atoms with Crippen LogP contribution < -0.4 is 4.74 Å². The minimum Gasteiger partial charge on any atom is -0.488 e. The molecule has 0 amide bonds. The molecule has 4 nitrogen and oxygen atoms in total. The van der Waals surface area contributed by atoms with Gasteiger partial charge in [-0.25, -0.2) is 4.39 Å². The lowest BCUT2D eigenvalue weighted by Crippen LogP contribution is -2.08. The third kappa shape index (κ3) is 2.35. The van der Waals surface area contributed by atoms with E-state index < -0.39 is 17.7 Å². The second kappa shape index (κ2) is 5.26. The molecule has 2 aromatic rings. The van der Waals surface area contributed by atoms with Crippen molar-refractivity contribution in [3.8, 4) is 5.75 Å². The molecule has 1 aliphatic heterocycles. The first-order chi connectivity index (χ1) is 10.5. The van der Waals surface area contributed by atoms with Gasteiger partial charge in [0.1, 0.15) is 18.2 Å². The van der Waals surface area contributed by atoms with Crippen molar-refractivity contribution in [1.82, 2.24) is 0 Å². The number of rotatable bonds is 2. The first-order valence-corrected chi connectivity index (χ1v) is 6.80. The van der Waals surface area contributed by atoms with E-state index in [9.17, 15) is 14.0 Å². The molecule has 5 heteroatoms. The van der Waals surface area contributed by atoms with E-state index >= 15 is 0 Å². The van der Waals surface area contributed by atoms with E-state index in [2.05, 4.69) is 0 Å². The lowest BCUT2D eigenvalue weighted by Gasteiger charge is -2.11. The van der Waals surface area contributed by atoms with E-state index in [4.69, 9.17) is 9.84 Å². The fraction of sp³-hybridized carbons (Fsp3) is 0.176. The highest BCUT2D eigenvalue weighted by Crippen LogP contribution is 2.31. The number of carbonyl (C=O) groups is 2. The van der Waals surface area contributed by atoms with Crippen molar-refractivity contribution < 1.29 is 23.8 Å². The summed E-state index contributed by atoms with van der Waals surface area (Å²) in [5, 5.41) is 9.07. The summed E-state index contributed by atoms with van der Waals surface area (Å²) in [5.41, 5.74) is 1.79. The molecular formula is C17H13FO4. The predicted molar refractivity (Wildman–Crippen MR) is 76.7 cm³/mol. The Balaban J connectivity index is 2.06. The first-order valence-electron chi connectivity index (χ1n) is 6.80. The Bertz CT molecular complexity index is 782. The van der Waals surface area contributed by atoms with Gasteiger partial charge in [-0.05, 0) is 42.8 Å². The molecule has 0 bridgehead atoms. The van der Waals surface area contributed by atoms with Crippen LogP contribution in [0.4, 0.5) is 4.39 Å². The van der Waals surface area contributed by atoms with Gasteiger partial charge in [0.05, 0.1) is 11.5 Å². The van der Waals surface area contributed by atoms with Gasteiger partial charge in [-0.3, -0.25) is 9.59 Å². The molecule has 1 heterocycles. The molecule has 0 aliphatic carbocycles. The topological polar surface area (TPSA) is 63.6 Å². The van der Waals surface area contributed by atoms with Crippen LogP contribution in [0.1, 0.15) is 39.9 Å². The molecule has 2 aromatic carbocycles. The number of aliphatic carboxylic acids is 1. The summed E-state index contributed by atoms with van der Waals surface area (Å²) in [6.45, 7) is 1.63. The van der Waals surface area contributed by atoms with Crippen LogP contribution in [0, 0.1) is 5.82 Å². The summed E-state index contributed by atoms with van der Waals surface area (Å²) in [6.07, 6.45) is 0. The quantitative estimate of drug-likeness (QED) is 0.925. The smallest absolute Gasteiger partial charge is 0.310 e. The van der Waals surface area contributed by atoms with E-state index in [1.54, 1.807) is 25.1 Å². The summed E-state index contributed by atoms with van der Waals surface area (Å²) in [6, 6.07) is 8.69. The number of ether oxygens (including phenoxy) is 1. The summed E-state index contributed by atoms with van der Waals surface area (Å²) in [7, 11) is 0. The molecule has 0 fully saturated rings. The molecule has 1 aliphatic rings. The third-order valence-electron chi connectivity index (χ3n) is 3.82. The number of carboxylic acids is 1. The van der Waals surface area contributed by atoms with Gasteiger partial charge in [-0.1, -0.05) is 6.07 Å². The maximum absolute atomic E-state index is 13.3. The van der Waals surface area contributed by atoms with Gasteiger partial charge in [0.15, 0.2) is 5.78 Å². The van der Waals surface area contributed by atoms with Gasteiger partial charge in [-0.15, -0.1) is 0 Å². The largest absolute Gasteiger partial charge is 0.488 e. The van der Waals surface area contributed by atoms with Gasteiger partial charge >= 0.3 is 5.97 Å². The molecule has 1 atom stereocenters. The second-order valence-corrected chi connectivity index (χ2v) is 5.23. The SMILES string of the molecule is C[C@H](C(=O)O)c1ccc2c(c1)OCc1cc(F)ccc1C2=O. The van der Waals surface area contributed by atoms with E-state index in [0.29, 0.717) is 28.0 Å². The minimum atomic E-state index is -0.953. The first kappa shape index (κ1) is 14.3. The molecule has 0 unspecified atom stereocenters. The highest BCUT2D eigenvalue weighted by molar-refractivity contribution is 6.12. The molecule has 22 heavy (non-hydrogen) atoms. The molecular weight excluding hydrogens is 287 g/mol. The van der Waals surface area contributed by atoms with E-state index in [0.717, 1.165) is 0 Å². The Morgan fingerprint density at radius 1 is 1.23 bits per heavy atom.